The fourth-order valence-electron chi connectivity index (χ4n) is 2.58. The first-order valence-electron chi connectivity index (χ1n) is 7.23. The zero-order chi connectivity index (χ0) is 16.2. The first kappa shape index (κ1) is 16.8. The molecule has 6 nitrogen and oxygen atoms in total. The number of ether oxygens (including phenoxy) is 1. The van der Waals surface area contributed by atoms with Gasteiger partial charge in [0.25, 0.3) is 0 Å². The molecule has 1 aliphatic rings. The minimum Gasteiger partial charge on any atom is -0.384 e. The van der Waals surface area contributed by atoms with E-state index in [1.807, 2.05) is 0 Å². The maximum Gasteiger partial charge on any atom is 0.315 e. The van der Waals surface area contributed by atoms with Crippen LogP contribution in [0.4, 0.5) is 4.79 Å². The van der Waals surface area contributed by atoms with Gasteiger partial charge in [0, 0.05) is 31.9 Å². The monoisotopic (exact) mass is 326 g/mol. The topological polar surface area (TPSA) is 84.5 Å². The van der Waals surface area contributed by atoms with Crippen LogP contribution in [-0.4, -0.2) is 40.5 Å². The van der Waals surface area contributed by atoms with Gasteiger partial charge in [0.2, 0.25) is 0 Å². The van der Waals surface area contributed by atoms with E-state index in [2.05, 4.69) is 10.6 Å². The molecular weight excluding hydrogens is 304 g/mol. The van der Waals surface area contributed by atoms with Crippen LogP contribution in [0.2, 0.25) is 0 Å². The molecule has 1 aliphatic carbocycles. The second-order valence-electron chi connectivity index (χ2n) is 5.61. The first-order valence-corrected chi connectivity index (χ1v) is 9.12. The number of rotatable bonds is 6. The smallest absolute Gasteiger partial charge is 0.315 e. The van der Waals surface area contributed by atoms with Gasteiger partial charge in [-0.05, 0) is 24.5 Å². The summed E-state index contributed by atoms with van der Waals surface area (Å²) in [6.45, 7) is 0.818. The van der Waals surface area contributed by atoms with E-state index in [4.69, 9.17) is 4.74 Å². The zero-order valence-electron chi connectivity index (χ0n) is 12.8. The molecule has 1 aromatic carbocycles. The summed E-state index contributed by atoms with van der Waals surface area (Å²) in [4.78, 5) is 12.2. The summed E-state index contributed by atoms with van der Waals surface area (Å²) >= 11 is 0. The molecule has 2 rings (SSSR count). The Morgan fingerprint density at radius 1 is 1.32 bits per heavy atom. The van der Waals surface area contributed by atoms with E-state index in [1.54, 1.807) is 31.4 Å². The van der Waals surface area contributed by atoms with Gasteiger partial charge in [-0.1, -0.05) is 18.2 Å². The van der Waals surface area contributed by atoms with Crippen LogP contribution >= 0.6 is 0 Å². The standard InChI is InChI=1S/C15H22N2O4S/c1-21-10-12-7-8-13(12)17-15(18)16-9-11-5-3-4-6-14(11)22(2,19)20/h3-6,12-13H,7-10H2,1-2H3,(H2,16,17,18)/t12-,13-/m1/s1. The zero-order valence-corrected chi connectivity index (χ0v) is 13.7. The number of carbonyl (C=O) groups excluding carboxylic acids is 1. The Bertz CT molecular complexity index is 630. The lowest BCUT2D eigenvalue weighted by Gasteiger charge is -2.36. The van der Waals surface area contributed by atoms with Gasteiger partial charge in [-0.3, -0.25) is 0 Å². The molecule has 7 heteroatoms. The summed E-state index contributed by atoms with van der Waals surface area (Å²) in [5, 5.41) is 5.62. The summed E-state index contributed by atoms with van der Waals surface area (Å²) in [5.41, 5.74) is 0.585. The third kappa shape index (κ3) is 4.20. The van der Waals surface area contributed by atoms with E-state index < -0.39 is 9.84 Å². The van der Waals surface area contributed by atoms with Gasteiger partial charge < -0.3 is 15.4 Å². The molecule has 0 radical (unpaired) electrons. The predicted octanol–water partition coefficient (Wildman–Crippen LogP) is 1.31. The Hall–Kier alpha value is -1.60. The molecule has 2 N–H and O–H groups in total. The third-order valence-corrected chi connectivity index (χ3v) is 5.12. The molecule has 0 heterocycles. The van der Waals surface area contributed by atoms with Gasteiger partial charge >= 0.3 is 6.03 Å². The second kappa shape index (κ2) is 7.11. The van der Waals surface area contributed by atoms with E-state index in [0.717, 1.165) is 19.1 Å². The predicted molar refractivity (Wildman–Crippen MR) is 83.3 cm³/mol. The number of sulfone groups is 1. The number of carbonyl (C=O) groups is 1. The highest BCUT2D eigenvalue weighted by molar-refractivity contribution is 7.90. The minimum atomic E-state index is -3.30. The Balaban J connectivity index is 1.90. The maximum atomic E-state index is 11.9. The first-order chi connectivity index (χ1) is 10.4. The largest absolute Gasteiger partial charge is 0.384 e. The minimum absolute atomic E-state index is 0.130. The van der Waals surface area contributed by atoms with Crippen LogP contribution in [0.25, 0.3) is 0 Å². The highest BCUT2D eigenvalue weighted by atomic mass is 32.2. The molecule has 0 bridgehead atoms. The van der Waals surface area contributed by atoms with Crippen LogP contribution in [0.1, 0.15) is 18.4 Å². The lowest BCUT2D eigenvalue weighted by Crippen LogP contribution is -2.51. The van der Waals surface area contributed by atoms with E-state index in [0.29, 0.717) is 18.1 Å². The molecule has 0 aromatic heterocycles. The number of methoxy groups -OCH3 is 1. The summed E-state index contributed by atoms with van der Waals surface area (Å²) < 4.78 is 28.5. The third-order valence-electron chi connectivity index (χ3n) is 3.93. The highest BCUT2D eigenvalue weighted by Gasteiger charge is 2.31. The van der Waals surface area contributed by atoms with E-state index in [1.165, 1.54) is 0 Å². The lowest BCUT2D eigenvalue weighted by atomic mass is 9.80. The van der Waals surface area contributed by atoms with Crippen LogP contribution in [-0.2, 0) is 21.1 Å². The molecule has 2 atom stereocenters. The van der Waals surface area contributed by atoms with Crippen LogP contribution < -0.4 is 10.6 Å². The number of hydrogen-bond donors (Lipinski definition) is 2. The molecule has 0 aliphatic heterocycles. The number of urea groups is 1. The molecule has 1 fully saturated rings. The SMILES string of the molecule is COC[C@H]1CC[C@H]1NC(=O)NCc1ccccc1S(C)(=O)=O. The Morgan fingerprint density at radius 2 is 2.05 bits per heavy atom. The van der Waals surface area contributed by atoms with Crippen molar-refractivity contribution in [3.8, 4) is 0 Å². The van der Waals surface area contributed by atoms with E-state index in [-0.39, 0.29) is 23.5 Å². The molecule has 1 saturated carbocycles. The van der Waals surface area contributed by atoms with Crippen LogP contribution in [0.5, 0.6) is 0 Å². The van der Waals surface area contributed by atoms with Crippen molar-refractivity contribution in [2.24, 2.45) is 5.92 Å². The van der Waals surface area contributed by atoms with Crippen molar-refractivity contribution in [2.45, 2.75) is 30.3 Å². The maximum absolute atomic E-state index is 11.9. The highest BCUT2D eigenvalue weighted by Crippen LogP contribution is 2.27. The van der Waals surface area contributed by atoms with Crippen molar-refractivity contribution in [2.75, 3.05) is 20.0 Å². The molecule has 0 saturated heterocycles. The van der Waals surface area contributed by atoms with Crippen LogP contribution in [0.15, 0.2) is 29.2 Å². The second-order valence-corrected chi connectivity index (χ2v) is 7.59. The molecule has 122 valence electrons. The summed E-state index contributed by atoms with van der Waals surface area (Å²) in [6.07, 6.45) is 3.16. The van der Waals surface area contributed by atoms with Gasteiger partial charge in [-0.2, -0.15) is 0 Å². The van der Waals surface area contributed by atoms with Crippen molar-refractivity contribution < 1.29 is 17.9 Å². The van der Waals surface area contributed by atoms with Gasteiger partial charge in [0.15, 0.2) is 9.84 Å². The van der Waals surface area contributed by atoms with Gasteiger partial charge in [-0.15, -0.1) is 0 Å². The molecule has 0 spiro atoms. The molecule has 1 aromatic rings. The summed E-state index contributed by atoms with van der Waals surface area (Å²) in [5.74, 6) is 0.360. The Labute approximate surface area is 131 Å². The van der Waals surface area contributed by atoms with Crippen molar-refractivity contribution in [3.63, 3.8) is 0 Å². The molecule has 2 amide bonds. The molecule has 22 heavy (non-hydrogen) atoms. The average Bonchev–Trinajstić information content (AvgIpc) is 2.46. The number of benzene rings is 1. The van der Waals surface area contributed by atoms with Crippen LogP contribution in [0, 0.1) is 5.92 Å². The lowest BCUT2D eigenvalue weighted by molar-refractivity contribution is 0.0831. The molecule has 0 unspecified atom stereocenters. The Kier molecular flexibility index (Phi) is 5.42. The Morgan fingerprint density at radius 3 is 2.64 bits per heavy atom. The summed E-state index contributed by atoms with van der Waals surface area (Å²) in [6, 6.07) is 6.52. The van der Waals surface area contributed by atoms with Crippen molar-refractivity contribution in [3.05, 3.63) is 29.8 Å². The van der Waals surface area contributed by atoms with Gasteiger partial charge in [0.1, 0.15) is 0 Å². The number of hydrogen-bond acceptors (Lipinski definition) is 4. The van der Waals surface area contributed by atoms with Crippen molar-refractivity contribution in [1.82, 2.24) is 10.6 Å². The fraction of sp³-hybridized carbons (Fsp3) is 0.533. The van der Waals surface area contributed by atoms with Crippen molar-refractivity contribution >= 4 is 15.9 Å². The van der Waals surface area contributed by atoms with Crippen LogP contribution in [0.3, 0.4) is 0 Å². The quantitative estimate of drug-likeness (QED) is 0.825. The van der Waals surface area contributed by atoms with E-state index in [9.17, 15) is 13.2 Å². The fourth-order valence-corrected chi connectivity index (χ4v) is 3.52. The van der Waals surface area contributed by atoms with Gasteiger partial charge in [0.05, 0.1) is 11.5 Å². The van der Waals surface area contributed by atoms with E-state index >= 15 is 0 Å². The summed E-state index contributed by atoms with van der Waals surface area (Å²) in [7, 11) is -1.65. The van der Waals surface area contributed by atoms with Crippen molar-refractivity contribution in [1.29, 1.82) is 0 Å². The normalized spacial score (nSPS) is 21.0. The van der Waals surface area contributed by atoms with Gasteiger partial charge in [-0.25, -0.2) is 13.2 Å². The number of nitrogens with one attached hydrogen (secondary N) is 2. The molecular formula is C15H22N2O4S. The number of amides is 2. The average molecular weight is 326 g/mol.